The monoisotopic (exact) mass is 395 g/mol. The minimum absolute atomic E-state index is 0.0818. The van der Waals surface area contributed by atoms with Gasteiger partial charge in [-0.3, -0.25) is 9.78 Å². The van der Waals surface area contributed by atoms with Gasteiger partial charge in [0.05, 0.1) is 24.7 Å². The van der Waals surface area contributed by atoms with E-state index in [2.05, 4.69) is 17.1 Å². The maximum absolute atomic E-state index is 12.6. The highest BCUT2D eigenvalue weighted by Crippen LogP contribution is 2.25. The molecule has 0 saturated heterocycles. The first kappa shape index (κ1) is 19.3. The van der Waals surface area contributed by atoms with E-state index < -0.39 is 0 Å². The summed E-state index contributed by atoms with van der Waals surface area (Å²) >= 11 is 0. The topological polar surface area (TPSA) is 57.0 Å². The number of nitrogens with zero attached hydrogens (tertiary/aromatic N) is 3. The third kappa shape index (κ3) is 4.20. The first-order valence-electron chi connectivity index (χ1n) is 9.57. The van der Waals surface area contributed by atoms with Crippen LogP contribution in [0.3, 0.4) is 0 Å². The zero-order valence-corrected chi connectivity index (χ0v) is 16.8. The molecule has 0 N–H and O–H groups in total. The van der Waals surface area contributed by atoms with E-state index in [1.165, 1.54) is 5.56 Å². The third-order valence-electron chi connectivity index (χ3n) is 4.77. The number of pyridine rings is 1. The summed E-state index contributed by atoms with van der Waals surface area (Å²) in [7, 11) is 1.60. The van der Waals surface area contributed by atoms with Gasteiger partial charge in [0.15, 0.2) is 5.78 Å². The molecular weight excluding hydrogens is 374 g/mol. The Morgan fingerprint density at radius 1 is 1.03 bits per heavy atom. The predicted molar refractivity (Wildman–Crippen MR) is 118 cm³/mol. The number of methoxy groups -OCH3 is 1. The SMILES string of the molecule is COc1ccc(C(=O)/C=C/c2cn(-c3cccnc3)nc2-c2ccc(C)cc2)cc1. The van der Waals surface area contributed by atoms with Crippen LogP contribution in [0.25, 0.3) is 23.0 Å². The summed E-state index contributed by atoms with van der Waals surface area (Å²) in [5.41, 5.74) is 5.27. The maximum atomic E-state index is 12.6. The predicted octanol–water partition coefficient (Wildman–Crippen LogP) is 5.15. The van der Waals surface area contributed by atoms with Gasteiger partial charge < -0.3 is 4.74 Å². The fourth-order valence-electron chi connectivity index (χ4n) is 3.08. The van der Waals surface area contributed by atoms with E-state index in [9.17, 15) is 4.79 Å². The summed E-state index contributed by atoms with van der Waals surface area (Å²) in [6.07, 6.45) is 8.76. The van der Waals surface area contributed by atoms with Crippen LogP contribution < -0.4 is 4.74 Å². The summed E-state index contributed by atoms with van der Waals surface area (Å²) in [5, 5.41) is 4.75. The number of hydrogen-bond acceptors (Lipinski definition) is 4. The first-order valence-corrected chi connectivity index (χ1v) is 9.57. The summed E-state index contributed by atoms with van der Waals surface area (Å²) in [5.74, 6) is 0.636. The van der Waals surface area contributed by atoms with Crippen molar-refractivity contribution in [2.24, 2.45) is 0 Å². The van der Waals surface area contributed by atoms with Gasteiger partial charge in [0.1, 0.15) is 5.75 Å². The fraction of sp³-hybridized carbons (Fsp3) is 0.0800. The average molecular weight is 395 g/mol. The highest BCUT2D eigenvalue weighted by Gasteiger charge is 2.11. The largest absolute Gasteiger partial charge is 0.497 e. The molecule has 0 aliphatic rings. The fourth-order valence-corrected chi connectivity index (χ4v) is 3.08. The summed E-state index contributed by atoms with van der Waals surface area (Å²) in [6, 6.07) is 19.0. The molecule has 5 nitrogen and oxygen atoms in total. The second-order valence-corrected chi connectivity index (χ2v) is 6.88. The van der Waals surface area contributed by atoms with Crippen LogP contribution in [0.1, 0.15) is 21.5 Å². The van der Waals surface area contributed by atoms with Crippen LogP contribution in [-0.2, 0) is 0 Å². The van der Waals surface area contributed by atoms with Crippen molar-refractivity contribution >= 4 is 11.9 Å². The number of rotatable bonds is 6. The van der Waals surface area contributed by atoms with Crippen LogP contribution in [-0.4, -0.2) is 27.7 Å². The Kier molecular flexibility index (Phi) is 5.52. The van der Waals surface area contributed by atoms with Crippen LogP contribution in [0.15, 0.2) is 85.3 Å². The lowest BCUT2D eigenvalue weighted by molar-refractivity contribution is 0.104. The van der Waals surface area contributed by atoms with Crippen molar-refractivity contribution in [1.82, 2.24) is 14.8 Å². The second kappa shape index (κ2) is 8.57. The number of allylic oxidation sites excluding steroid dienone is 1. The van der Waals surface area contributed by atoms with Crippen LogP contribution >= 0.6 is 0 Å². The van der Waals surface area contributed by atoms with Crippen molar-refractivity contribution in [3.63, 3.8) is 0 Å². The molecule has 0 atom stereocenters. The number of aromatic nitrogens is 3. The van der Waals surface area contributed by atoms with Crippen molar-refractivity contribution in [3.8, 4) is 22.7 Å². The molecule has 0 aliphatic carbocycles. The molecule has 148 valence electrons. The molecule has 4 aromatic rings. The summed E-state index contributed by atoms with van der Waals surface area (Å²) < 4.78 is 6.93. The Balaban J connectivity index is 1.69. The molecule has 2 heterocycles. The maximum Gasteiger partial charge on any atom is 0.185 e. The number of hydrogen-bond donors (Lipinski definition) is 0. The molecule has 0 unspecified atom stereocenters. The molecule has 0 bridgehead atoms. The van der Waals surface area contributed by atoms with Gasteiger partial charge in [0.25, 0.3) is 0 Å². The van der Waals surface area contributed by atoms with Crippen LogP contribution in [0, 0.1) is 6.92 Å². The van der Waals surface area contributed by atoms with Gasteiger partial charge in [0, 0.05) is 29.1 Å². The first-order chi connectivity index (χ1) is 14.6. The van der Waals surface area contributed by atoms with Gasteiger partial charge in [-0.15, -0.1) is 0 Å². The lowest BCUT2D eigenvalue weighted by Crippen LogP contribution is -1.95. The molecule has 0 radical (unpaired) electrons. The van der Waals surface area contributed by atoms with E-state index in [4.69, 9.17) is 9.84 Å². The molecule has 30 heavy (non-hydrogen) atoms. The van der Waals surface area contributed by atoms with E-state index in [1.807, 2.05) is 43.5 Å². The van der Waals surface area contributed by atoms with E-state index >= 15 is 0 Å². The van der Waals surface area contributed by atoms with Crippen molar-refractivity contribution in [2.45, 2.75) is 6.92 Å². The number of ketones is 1. The van der Waals surface area contributed by atoms with Gasteiger partial charge >= 0.3 is 0 Å². The number of carbonyl (C=O) groups excluding carboxylic acids is 1. The number of ether oxygens (including phenoxy) is 1. The molecular formula is C25H21N3O2. The zero-order chi connectivity index (χ0) is 20.9. The Morgan fingerprint density at radius 2 is 1.80 bits per heavy atom. The number of aryl methyl sites for hydroxylation is 1. The molecule has 0 fully saturated rings. The van der Waals surface area contributed by atoms with E-state index in [0.29, 0.717) is 5.56 Å². The van der Waals surface area contributed by atoms with E-state index in [1.54, 1.807) is 54.5 Å². The molecule has 4 rings (SSSR count). The second-order valence-electron chi connectivity index (χ2n) is 6.88. The van der Waals surface area contributed by atoms with Gasteiger partial charge in [-0.25, -0.2) is 4.68 Å². The number of benzene rings is 2. The molecule has 0 spiro atoms. The third-order valence-corrected chi connectivity index (χ3v) is 4.77. The van der Waals surface area contributed by atoms with Crippen molar-refractivity contribution in [2.75, 3.05) is 7.11 Å². The zero-order valence-electron chi connectivity index (χ0n) is 16.8. The van der Waals surface area contributed by atoms with Crippen LogP contribution in [0.2, 0.25) is 0 Å². The summed E-state index contributed by atoms with van der Waals surface area (Å²) in [4.78, 5) is 16.8. The summed E-state index contributed by atoms with van der Waals surface area (Å²) in [6.45, 7) is 2.05. The van der Waals surface area contributed by atoms with Gasteiger partial charge in [-0.1, -0.05) is 29.8 Å². The quantitative estimate of drug-likeness (QED) is 0.335. The average Bonchev–Trinajstić information content (AvgIpc) is 3.23. The lowest BCUT2D eigenvalue weighted by atomic mass is 10.0. The van der Waals surface area contributed by atoms with E-state index in [-0.39, 0.29) is 5.78 Å². The Labute approximate surface area is 175 Å². The van der Waals surface area contributed by atoms with Crippen molar-refractivity contribution in [3.05, 3.63) is 102 Å². The minimum Gasteiger partial charge on any atom is -0.497 e. The minimum atomic E-state index is -0.0818. The van der Waals surface area contributed by atoms with Crippen molar-refractivity contribution in [1.29, 1.82) is 0 Å². The molecule has 2 aromatic carbocycles. The van der Waals surface area contributed by atoms with Crippen LogP contribution in [0.5, 0.6) is 5.75 Å². The molecule has 0 saturated carbocycles. The molecule has 2 aromatic heterocycles. The highest BCUT2D eigenvalue weighted by atomic mass is 16.5. The smallest absolute Gasteiger partial charge is 0.185 e. The molecule has 0 aliphatic heterocycles. The Bertz CT molecular complexity index is 1180. The molecule has 5 heteroatoms. The van der Waals surface area contributed by atoms with Crippen molar-refractivity contribution < 1.29 is 9.53 Å². The Morgan fingerprint density at radius 3 is 2.47 bits per heavy atom. The number of carbonyl (C=O) groups is 1. The van der Waals surface area contributed by atoms with Gasteiger partial charge in [-0.05, 0) is 55.5 Å². The van der Waals surface area contributed by atoms with E-state index in [0.717, 1.165) is 28.3 Å². The molecule has 0 amide bonds. The van der Waals surface area contributed by atoms with Gasteiger partial charge in [0.2, 0.25) is 0 Å². The van der Waals surface area contributed by atoms with Gasteiger partial charge in [-0.2, -0.15) is 5.10 Å². The van der Waals surface area contributed by atoms with Crippen LogP contribution in [0.4, 0.5) is 0 Å². The lowest BCUT2D eigenvalue weighted by Gasteiger charge is -2.01. The Hall–Kier alpha value is -3.99. The highest BCUT2D eigenvalue weighted by molar-refractivity contribution is 6.07. The standard InChI is InChI=1S/C25H21N3O2/c1-18-5-7-20(8-6-18)25-21(17-28(27-25)22-4-3-15-26-16-22)11-14-24(29)19-9-12-23(30-2)13-10-19/h3-17H,1-2H3/b14-11+. The normalized spacial score (nSPS) is 11.0.